The molecule has 0 aromatic carbocycles. The maximum absolute atomic E-state index is 11.6. The van der Waals surface area contributed by atoms with Gasteiger partial charge in [0.05, 0.1) is 5.92 Å². The monoisotopic (exact) mass is 210 g/mol. The average molecular weight is 210 g/mol. The number of carbonyl (C=O) groups excluding carboxylic acids is 1. The number of nitrogens with zero attached hydrogens (tertiary/aromatic N) is 1. The van der Waals surface area contributed by atoms with E-state index >= 15 is 0 Å². The van der Waals surface area contributed by atoms with Gasteiger partial charge in [-0.2, -0.15) is 0 Å². The molecule has 0 unspecified atom stereocenters. The molecule has 86 valence electrons. The lowest BCUT2D eigenvalue weighted by atomic mass is 9.95. The van der Waals surface area contributed by atoms with Crippen LogP contribution in [0.4, 0.5) is 0 Å². The molecule has 1 aliphatic heterocycles. The van der Waals surface area contributed by atoms with Crippen LogP contribution in [0.25, 0.3) is 0 Å². The first-order valence-corrected chi connectivity index (χ1v) is 6.27. The van der Waals surface area contributed by atoms with Crippen molar-refractivity contribution in [1.82, 2.24) is 10.2 Å². The third-order valence-electron chi connectivity index (χ3n) is 3.91. The van der Waals surface area contributed by atoms with Gasteiger partial charge >= 0.3 is 0 Å². The van der Waals surface area contributed by atoms with Crippen LogP contribution in [0.5, 0.6) is 0 Å². The molecule has 3 heteroatoms. The Bertz CT molecular complexity index is 224. The first-order valence-electron chi connectivity index (χ1n) is 6.27. The van der Waals surface area contributed by atoms with Crippen LogP contribution in [0.15, 0.2) is 0 Å². The van der Waals surface area contributed by atoms with Gasteiger partial charge in [-0.3, -0.25) is 9.69 Å². The molecule has 0 bridgehead atoms. The van der Waals surface area contributed by atoms with E-state index < -0.39 is 0 Å². The number of hydrogen-bond acceptors (Lipinski definition) is 2. The zero-order valence-corrected chi connectivity index (χ0v) is 9.67. The molecule has 0 spiro atoms. The molecule has 3 nitrogen and oxygen atoms in total. The summed E-state index contributed by atoms with van der Waals surface area (Å²) in [5, 5.41) is 2.78. The number of hydrogen-bond donors (Lipinski definition) is 1. The highest BCUT2D eigenvalue weighted by Gasteiger charge is 2.30. The normalized spacial score (nSPS) is 29.3. The molecule has 2 aliphatic rings. The van der Waals surface area contributed by atoms with E-state index in [2.05, 4.69) is 10.2 Å². The largest absolute Gasteiger partial charge is 0.359 e. The van der Waals surface area contributed by atoms with Crippen LogP contribution in [0.1, 0.15) is 38.5 Å². The summed E-state index contributed by atoms with van der Waals surface area (Å²) >= 11 is 0. The quantitative estimate of drug-likeness (QED) is 0.747. The Morgan fingerprint density at radius 3 is 2.60 bits per heavy atom. The van der Waals surface area contributed by atoms with Gasteiger partial charge in [0.15, 0.2) is 0 Å². The van der Waals surface area contributed by atoms with Gasteiger partial charge in [0.25, 0.3) is 0 Å². The summed E-state index contributed by atoms with van der Waals surface area (Å²) in [6.07, 6.45) is 7.72. The Morgan fingerprint density at radius 2 is 1.93 bits per heavy atom. The topological polar surface area (TPSA) is 32.3 Å². The highest BCUT2D eigenvalue weighted by molar-refractivity contribution is 5.78. The van der Waals surface area contributed by atoms with E-state index in [1.54, 1.807) is 7.05 Å². The number of likely N-dealkylation sites (tertiary alicyclic amines) is 1. The predicted octanol–water partition coefficient (Wildman–Crippen LogP) is 1.39. The summed E-state index contributed by atoms with van der Waals surface area (Å²) < 4.78 is 0. The first-order chi connectivity index (χ1) is 7.31. The van der Waals surface area contributed by atoms with Gasteiger partial charge in [0.2, 0.25) is 5.91 Å². The van der Waals surface area contributed by atoms with Crippen LogP contribution in [-0.2, 0) is 4.79 Å². The van der Waals surface area contributed by atoms with Gasteiger partial charge in [0.1, 0.15) is 0 Å². The molecular weight excluding hydrogens is 188 g/mol. The molecule has 1 amide bonds. The SMILES string of the molecule is CNC(=O)[C@@H]1CCCN(C2CCCC2)C1. The lowest BCUT2D eigenvalue weighted by Crippen LogP contribution is -2.45. The van der Waals surface area contributed by atoms with E-state index in [-0.39, 0.29) is 11.8 Å². The fraction of sp³-hybridized carbons (Fsp3) is 0.917. The van der Waals surface area contributed by atoms with Crippen LogP contribution in [-0.4, -0.2) is 37.0 Å². The Labute approximate surface area is 92.2 Å². The summed E-state index contributed by atoms with van der Waals surface area (Å²) in [6.45, 7) is 2.20. The van der Waals surface area contributed by atoms with E-state index in [0.717, 1.165) is 19.0 Å². The number of piperidine rings is 1. The van der Waals surface area contributed by atoms with E-state index in [1.165, 1.54) is 38.6 Å². The van der Waals surface area contributed by atoms with Gasteiger partial charge in [0, 0.05) is 19.6 Å². The number of carbonyl (C=O) groups is 1. The molecule has 1 heterocycles. The molecule has 1 N–H and O–H groups in total. The molecule has 0 aromatic heterocycles. The molecule has 15 heavy (non-hydrogen) atoms. The second kappa shape index (κ2) is 4.97. The van der Waals surface area contributed by atoms with Gasteiger partial charge in [-0.25, -0.2) is 0 Å². The van der Waals surface area contributed by atoms with E-state index in [4.69, 9.17) is 0 Å². The zero-order valence-electron chi connectivity index (χ0n) is 9.67. The van der Waals surface area contributed by atoms with Crippen LogP contribution in [0, 0.1) is 5.92 Å². The molecule has 1 atom stereocenters. The van der Waals surface area contributed by atoms with Crippen molar-refractivity contribution in [2.75, 3.05) is 20.1 Å². The van der Waals surface area contributed by atoms with Gasteiger partial charge < -0.3 is 5.32 Å². The average Bonchev–Trinajstić information content (AvgIpc) is 2.82. The summed E-state index contributed by atoms with van der Waals surface area (Å²) in [6, 6.07) is 0.775. The Hall–Kier alpha value is -0.570. The van der Waals surface area contributed by atoms with Gasteiger partial charge in [-0.05, 0) is 32.2 Å². The molecule has 0 aromatic rings. The molecule has 2 fully saturated rings. The second-order valence-electron chi connectivity index (χ2n) is 4.89. The van der Waals surface area contributed by atoms with Crippen molar-refractivity contribution in [3.8, 4) is 0 Å². The Morgan fingerprint density at radius 1 is 1.20 bits per heavy atom. The van der Waals surface area contributed by atoms with E-state index in [9.17, 15) is 4.79 Å². The smallest absolute Gasteiger partial charge is 0.224 e. The maximum atomic E-state index is 11.6. The first kappa shape index (κ1) is 10.9. The highest BCUT2D eigenvalue weighted by atomic mass is 16.1. The van der Waals surface area contributed by atoms with Crippen LogP contribution in [0.3, 0.4) is 0 Å². The van der Waals surface area contributed by atoms with Crippen molar-refractivity contribution in [2.45, 2.75) is 44.6 Å². The zero-order chi connectivity index (χ0) is 10.7. The summed E-state index contributed by atoms with van der Waals surface area (Å²) in [7, 11) is 1.75. The third kappa shape index (κ3) is 2.51. The number of amides is 1. The van der Waals surface area contributed by atoms with E-state index in [0.29, 0.717) is 0 Å². The van der Waals surface area contributed by atoms with Crippen LogP contribution < -0.4 is 5.32 Å². The third-order valence-corrected chi connectivity index (χ3v) is 3.91. The Kier molecular flexibility index (Phi) is 3.62. The lowest BCUT2D eigenvalue weighted by Gasteiger charge is -2.36. The minimum absolute atomic E-state index is 0.234. The van der Waals surface area contributed by atoms with Crippen molar-refractivity contribution in [2.24, 2.45) is 5.92 Å². The van der Waals surface area contributed by atoms with Crippen LogP contribution >= 0.6 is 0 Å². The Balaban J connectivity index is 1.88. The van der Waals surface area contributed by atoms with Crippen molar-refractivity contribution in [1.29, 1.82) is 0 Å². The van der Waals surface area contributed by atoms with Crippen molar-refractivity contribution >= 4 is 5.91 Å². The van der Waals surface area contributed by atoms with Crippen molar-refractivity contribution in [3.63, 3.8) is 0 Å². The van der Waals surface area contributed by atoms with E-state index in [1.807, 2.05) is 0 Å². The fourth-order valence-corrected chi connectivity index (χ4v) is 3.03. The lowest BCUT2D eigenvalue weighted by molar-refractivity contribution is -0.126. The van der Waals surface area contributed by atoms with Crippen molar-refractivity contribution < 1.29 is 4.79 Å². The van der Waals surface area contributed by atoms with Gasteiger partial charge in [-0.1, -0.05) is 12.8 Å². The predicted molar refractivity (Wildman–Crippen MR) is 60.6 cm³/mol. The van der Waals surface area contributed by atoms with Crippen LogP contribution in [0.2, 0.25) is 0 Å². The molecule has 1 saturated heterocycles. The maximum Gasteiger partial charge on any atom is 0.224 e. The molecule has 0 radical (unpaired) electrons. The summed E-state index contributed by atoms with van der Waals surface area (Å²) in [4.78, 5) is 14.1. The number of nitrogens with one attached hydrogen (secondary N) is 1. The number of rotatable bonds is 2. The molecule has 1 aliphatic carbocycles. The highest BCUT2D eigenvalue weighted by Crippen LogP contribution is 2.27. The minimum Gasteiger partial charge on any atom is -0.359 e. The standard InChI is InChI=1S/C12H22N2O/c1-13-12(15)10-5-4-8-14(9-10)11-6-2-3-7-11/h10-11H,2-9H2,1H3,(H,13,15)/t10-/m1/s1. The van der Waals surface area contributed by atoms with Crippen molar-refractivity contribution in [3.05, 3.63) is 0 Å². The van der Waals surface area contributed by atoms with Gasteiger partial charge in [-0.15, -0.1) is 0 Å². The summed E-state index contributed by atoms with van der Waals surface area (Å²) in [5.74, 6) is 0.474. The fourth-order valence-electron chi connectivity index (χ4n) is 3.03. The second-order valence-corrected chi connectivity index (χ2v) is 4.89. The minimum atomic E-state index is 0.234. The molecule has 1 saturated carbocycles. The summed E-state index contributed by atoms with van der Waals surface area (Å²) in [5.41, 5.74) is 0. The molecule has 2 rings (SSSR count). The molecular formula is C12H22N2O.